The van der Waals surface area contributed by atoms with Gasteiger partial charge in [-0.2, -0.15) is 0 Å². The molecule has 0 saturated heterocycles. The minimum Gasteiger partial charge on any atom is -0.450 e. The third kappa shape index (κ3) is 3.35. The summed E-state index contributed by atoms with van der Waals surface area (Å²) < 4.78 is 4.91. The van der Waals surface area contributed by atoms with Gasteiger partial charge in [0.25, 0.3) is 0 Å². The van der Waals surface area contributed by atoms with Crippen LogP contribution in [0.2, 0.25) is 0 Å². The molecule has 19 heavy (non-hydrogen) atoms. The van der Waals surface area contributed by atoms with Gasteiger partial charge >= 0.3 is 6.09 Å². The van der Waals surface area contributed by atoms with Crippen LogP contribution in [0, 0.1) is 6.92 Å². The van der Waals surface area contributed by atoms with Crippen LogP contribution in [-0.4, -0.2) is 12.7 Å². The van der Waals surface area contributed by atoms with E-state index in [1.807, 2.05) is 43.3 Å². The van der Waals surface area contributed by atoms with E-state index in [2.05, 4.69) is 17.4 Å². The zero-order valence-corrected chi connectivity index (χ0v) is 11.1. The first-order valence-corrected chi connectivity index (χ1v) is 6.30. The molecule has 0 bridgehead atoms. The van der Waals surface area contributed by atoms with Gasteiger partial charge in [0.2, 0.25) is 0 Å². The Labute approximate surface area is 113 Å². The van der Waals surface area contributed by atoms with Gasteiger partial charge in [0.05, 0.1) is 12.3 Å². The van der Waals surface area contributed by atoms with Crippen LogP contribution in [0.15, 0.2) is 48.5 Å². The Hall–Kier alpha value is -2.29. The molecule has 2 rings (SSSR count). The molecule has 1 amide bonds. The van der Waals surface area contributed by atoms with Gasteiger partial charge in [-0.05, 0) is 25.5 Å². The van der Waals surface area contributed by atoms with Crippen molar-refractivity contribution in [2.24, 2.45) is 0 Å². The Balaban J connectivity index is 2.30. The average molecular weight is 255 g/mol. The summed E-state index contributed by atoms with van der Waals surface area (Å²) in [6.45, 7) is 4.19. The molecule has 98 valence electrons. The van der Waals surface area contributed by atoms with Crippen LogP contribution in [-0.2, 0) is 4.74 Å². The Morgan fingerprint density at radius 1 is 1.11 bits per heavy atom. The van der Waals surface area contributed by atoms with Crippen LogP contribution in [0.5, 0.6) is 0 Å². The molecule has 0 spiro atoms. The minimum atomic E-state index is -0.429. The van der Waals surface area contributed by atoms with E-state index in [0.29, 0.717) is 6.61 Å². The average Bonchev–Trinajstić information content (AvgIpc) is 2.41. The third-order valence-corrected chi connectivity index (χ3v) is 2.80. The van der Waals surface area contributed by atoms with Crippen molar-refractivity contribution < 1.29 is 9.53 Å². The van der Waals surface area contributed by atoms with Crippen LogP contribution >= 0.6 is 0 Å². The Kier molecular flexibility index (Phi) is 4.18. The minimum absolute atomic E-state index is 0.360. The third-order valence-electron chi connectivity index (χ3n) is 2.80. The first-order valence-electron chi connectivity index (χ1n) is 6.30. The summed E-state index contributed by atoms with van der Waals surface area (Å²) in [5.74, 6) is 0. The fraction of sp³-hybridized carbons (Fsp3) is 0.188. The van der Waals surface area contributed by atoms with Crippen molar-refractivity contribution in [1.82, 2.24) is 0 Å². The molecular weight excluding hydrogens is 238 g/mol. The fourth-order valence-corrected chi connectivity index (χ4v) is 1.85. The van der Waals surface area contributed by atoms with Crippen LogP contribution in [0.25, 0.3) is 11.1 Å². The first-order chi connectivity index (χ1) is 9.20. The van der Waals surface area contributed by atoms with Gasteiger partial charge in [0.15, 0.2) is 0 Å². The number of rotatable bonds is 3. The molecule has 0 aliphatic rings. The van der Waals surface area contributed by atoms with E-state index >= 15 is 0 Å². The highest BCUT2D eigenvalue weighted by Gasteiger charge is 2.08. The van der Waals surface area contributed by atoms with Crippen LogP contribution in [0.4, 0.5) is 10.5 Å². The number of benzene rings is 2. The first kappa shape index (κ1) is 13.1. The second-order valence-electron chi connectivity index (χ2n) is 4.26. The Morgan fingerprint density at radius 2 is 1.79 bits per heavy atom. The molecule has 0 fully saturated rings. The highest BCUT2D eigenvalue weighted by molar-refractivity contribution is 5.91. The molecule has 0 aliphatic heterocycles. The molecule has 0 unspecified atom stereocenters. The molecule has 0 saturated carbocycles. The second kappa shape index (κ2) is 6.05. The number of para-hydroxylation sites is 1. The van der Waals surface area contributed by atoms with Gasteiger partial charge in [-0.1, -0.05) is 48.0 Å². The predicted octanol–water partition coefficient (Wildman–Crippen LogP) is 4.23. The quantitative estimate of drug-likeness (QED) is 0.891. The number of anilines is 1. The van der Waals surface area contributed by atoms with Crippen LogP contribution in [0.1, 0.15) is 12.5 Å². The highest BCUT2D eigenvalue weighted by Crippen LogP contribution is 2.28. The second-order valence-corrected chi connectivity index (χ2v) is 4.26. The summed E-state index contributed by atoms with van der Waals surface area (Å²) in [7, 11) is 0. The summed E-state index contributed by atoms with van der Waals surface area (Å²) in [5.41, 5.74) is 4.01. The van der Waals surface area contributed by atoms with E-state index in [0.717, 1.165) is 16.8 Å². The highest BCUT2D eigenvalue weighted by atomic mass is 16.5. The maximum absolute atomic E-state index is 11.5. The fourth-order valence-electron chi connectivity index (χ4n) is 1.85. The molecule has 3 nitrogen and oxygen atoms in total. The van der Waals surface area contributed by atoms with Crippen molar-refractivity contribution in [1.29, 1.82) is 0 Å². The molecular formula is C16H17NO2. The lowest BCUT2D eigenvalue weighted by atomic mass is 10.0. The largest absolute Gasteiger partial charge is 0.450 e. The number of amides is 1. The lowest BCUT2D eigenvalue weighted by Gasteiger charge is -2.11. The molecule has 3 heteroatoms. The number of ether oxygens (including phenoxy) is 1. The summed E-state index contributed by atoms with van der Waals surface area (Å²) in [4.78, 5) is 11.5. The smallest absolute Gasteiger partial charge is 0.411 e. The van der Waals surface area contributed by atoms with Crippen molar-refractivity contribution in [3.63, 3.8) is 0 Å². The van der Waals surface area contributed by atoms with Crippen molar-refractivity contribution >= 4 is 11.8 Å². The van der Waals surface area contributed by atoms with Gasteiger partial charge in [-0.3, -0.25) is 5.32 Å². The molecule has 0 atom stereocenters. The number of nitrogens with one attached hydrogen (secondary N) is 1. The summed E-state index contributed by atoms with van der Waals surface area (Å²) in [6, 6.07) is 15.9. The maximum atomic E-state index is 11.5. The van der Waals surface area contributed by atoms with Crippen molar-refractivity contribution in [3.05, 3.63) is 54.1 Å². The molecule has 0 radical (unpaired) electrons. The molecule has 2 aromatic carbocycles. The Morgan fingerprint density at radius 3 is 2.47 bits per heavy atom. The summed E-state index contributed by atoms with van der Waals surface area (Å²) in [5, 5.41) is 2.76. The van der Waals surface area contributed by atoms with Crippen molar-refractivity contribution in [3.8, 4) is 11.1 Å². The van der Waals surface area contributed by atoms with Crippen molar-refractivity contribution in [2.45, 2.75) is 13.8 Å². The SMILES string of the molecule is CCOC(=O)Nc1ccccc1-c1ccc(C)cc1. The van der Waals surface area contributed by atoms with E-state index < -0.39 is 6.09 Å². The number of carbonyl (C=O) groups is 1. The molecule has 0 heterocycles. The van der Waals surface area contributed by atoms with E-state index in [-0.39, 0.29) is 0 Å². The van der Waals surface area contributed by atoms with E-state index in [1.165, 1.54) is 5.56 Å². The standard InChI is InChI=1S/C16H17NO2/c1-3-19-16(18)17-15-7-5-4-6-14(15)13-10-8-12(2)9-11-13/h4-11H,3H2,1-2H3,(H,17,18). The normalized spacial score (nSPS) is 10.0. The van der Waals surface area contributed by atoms with Crippen LogP contribution in [0.3, 0.4) is 0 Å². The number of hydrogen-bond acceptors (Lipinski definition) is 2. The van der Waals surface area contributed by atoms with E-state index in [4.69, 9.17) is 4.74 Å². The number of carbonyl (C=O) groups excluding carboxylic acids is 1. The van der Waals surface area contributed by atoms with Gasteiger partial charge in [-0.15, -0.1) is 0 Å². The summed E-state index contributed by atoms with van der Waals surface area (Å²) in [6.07, 6.45) is -0.429. The topological polar surface area (TPSA) is 38.3 Å². The molecule has 0 aromatic heterocycles. The lowest BCUT2D eigenvalue weighted by Crippen LogP contribution is -2.13. The molecule has 1 N–H and O–H groups in total. The van der Waals surface area contributed by atoms with Gasteiger partial charge in [0, 0.05) is 5.56 Å². The van der Waals surface area contributed by atoms with Crippen LogP contribution < -0.4 is 5.32 Å². The predicted molar refractivity (Wildman–Crippen MR) is 77.3 cm³/mol. The zero-order valence-electron chi connectivity index (χ0n) is 11.1. The Bertz CT molecular complexity index is 561. The van der Waals surface area contributed by atoms with Gasteiger partial charge in [0.1, 0.15) is 0 Å². The number of aryl methyl sites for hydroxylation is 1. The van der Waals surface area contributed by atoms with Crippen molar-refractivity contribution in [2.75, 3.05) is 11.9 Å². The molecule has 0 aliphatic carbocycles. The monoisotopic (exact) mass is 255 g/mol. The van der Waals surface area contributed by atoms with Gasteiger partial charge < -0.3 is 4.74 Å². The summed E-state index contributed by atoms with van der Waals surface area (Å²) >= 11 is 0. The number of hydrogen-bond donors (Lipinski definition) is 1. The van der Waals surface area contributed by atoms with E-state index in [9.17, 15) is 4.79 Å². The van der Waals surface area contributed by atoms with Gasteiger partial charge in [-0.25, -0.2) is 4.79 Å². The maximum Gasteiger partial charge on any atom is 0.411 e. The zero-order chi connectivity index (χ0) is 13.7. The molecule has 2 aromatic rings. The van der Waals surface area contributed by atoms with E-state index in [1.54, 1.807) is 6.92 Å². The lowest BCUT2D eigenvalue weighted by molar-refractivity contribution is 0.168.